The molecule has 0 bridgehead atoms. The third-order valence-electron chi connectivity index (χ3n) is 4.62. The lowest BCUT2D eigenvalue weighted by Gasteiger charge is -2.47. The summed E-state index contributed by atoms with van der Waals surface area (Å²) >= 11 is 0. The lowest BCUT2D eigenvalue weighted by Crippen LogP contribution is -2.53. The van der Waals surface area contributed by atoms with Gasteiger partial charge in [-0.05, 0) is 25.3 Å². The second-order valence-corrected chi connectivity index (χ2v) is 5.79. The van der Waals surface area contributed by atoms with Gasteiger partial charge < -0.3 is 15.7 Å². The van der Waals surface area contributed by atoms with Crippen LogP contribution < -0.4 is 10.6 Å². The molecule has 2 heterocycles. The molecule has 1 aliphatic heterocycles. The van der Waals surface area contributed by atoms with Gasteiger partial charge in [-0.1, -0.05) is 12.8 Å². The van der Waals surface area contributed by atoms with Gasteiger partial charge in [-0.25, -0.2) is 9.97 Å². The van der Waals surface area contributed by atoms with E-state index in [1.165, 1.54) is 6.42 Å². The first-order chi connectivity index (χ1) is 9.21. The Kier molecular flexibility index (Phi) is 3.41. The number of piperidine rings is 1. The molecular formula is C14H22N4O. The molecule has 0 radical (unpaired) electrons. The zero-order valence-corrected chi connectivity index (χ0v) is 11.3. The first-order valence-electron chi connectivity index (χ1n) is 7.20. The third kappa shape index (κ3) is 2.44. The summed E-state index contributed by atoms with van der Waals surface area (Å²) in [6, 6.07) is 1.85. The van der Waals surface area contributed by atoms with E-state index in [-0.39, 0.29) is 0 Å². The number of fused-ring (bicyclic) bond motifs is 1. The van der Waals surface area contributed by atoms with E-state index in [1.807, 2.05) is 6.07 Å². The Morgan fingerprint density at radius 2 is 2.32 bits per heavy atom. The summed E-state index contributed by atoms with van der Waals surface area (Å²) in [6.45, 7) is 2.14. The van der Waals surface area contributed by atoms with E-state index in [4.69, 9.17) is 5.73 Å². The molecule has 1 saturated heterocycles. The predicted molar refractivity (Wildman–Crippen MR) is 73.7 cm³/mol. The minimum atomic E-state index is -0.444. The van der Waals surface area contributed by atoms with Crippen LogP contribution in [-0.4, -0.2) is 33.8 Å². The normalized spacial score (nSPS) is 31.1. The fourth-order valence-electron chi connectivity index (χ4n) is 3.40. The molecule has 2 atom stereocenters. The van der Waals surface area contributed by atoms with E-state index < -0.39 is 5.60 Å². The molecule has 0 spiro atoms. The van der Waals surface area contributed by atoms with Crippen LogP contribution in [0.5, 0.6) is 0 Å². The largest absolute Gasteiger partial charge is 0.389 e. The molecule has 1 aromatic rings. The quantitative estimate of drug-likeness (QED) is 0.833. The Morgan fingerprint density at radius 1 is 1.42 bits per heavy atom. The van der Waals surface area contributed by atoms with Crippen molar-refractivity contribution in [2.45, 2.75) is 44.2 Å². The molecule has 2 fully saturated rings. The summed E-state index contributed by atoms with van der Waals surface area (Å²) in [6.07, 6.45) is 7.05. The van der Waals surface area contributed by atoms with Gasteiger partial charge >= 0.3 is 0 Å². The average Bonchev–Trinajstić information content (AvgIpc) is 2.46. The number of anilines is 1. The van der Waals surface area contributed by atoms with Gasteiger partial charge in [0.25, 0.3) is 0 Å². The van der Waals surface area contributed by atoms with Crippen molar-refractivity contribution in [3.05, 3.63) is 18.0 Å². The van der Waals surface area contributed by atoms with Crippen LogP contribution in [0.1, 0.15) is 37.8 Å². The third-order valence-corrected chi connectivity index (χ3v) is 4.62. The number of aromatic nitrogens is 2. The van der Waals surface area contributed by atoms with Gasteiger partial charge in [0, 0.05) is 31.7 Å². The lowest BCUT2D eigenvalue weighted by atomic mass is 9.71. The lowest BCUT2D eigenvalue weighted by molar-refractivity contribution is -0.0614. The maximum Gasteiger partial charge on any atom is 0.225 e. The molecule has 1 aliphatic carbocycles. The highest BCUT2D eigenvalue weighted by Crippen LogP contribution is 2.40. The zero-order chi connectivity index (χ0) is 13.3. The van der Waals surface area contributed by atoms with Gasteiger partial charge in [-0.3, -0.25) is 0 Å². The summed E-state index contributed by atoms with van der Waals surface area (Å²) in [4.78, 5) is 11.0. The van der Waals surface area contributed by atoms with Gasteiger partial charge in [-0.2, -0.15) is 0 Å². The van der Waals surface area contributed by atoms with Crippen LogP contribution in [-0.2, 0) is 6.54 Å². The van der Waals surface area contributed by atoms with Crippen molar-refractivity contribution in [2.24, 2.45) is 11.7 Å². The van der Waals surface area contributed by atoms with Gasteiger partial charge in [0.2, 0.25) is 5.95 Å². The van der Waals surface area contributed by atoms with Crippen molar-refractivity contribution < 1.29 is 5.11 Å². The highest BCUT2D eigenvalue weighted by atomic mass is 16.3. The number of hydrogen-bond acceptors (Lipinski definition) is 5. The topological polar surface area (TPSA) is 75.3 Å². The van der Waals surface area contributed by atoms with Gasteiger partial charge in [0.1, 0.15) is 0 Å². The summed E-state index contributed by atoms with van der Waals surface area (Å²) in [5.74, 6) is 1.12. The molecule has 2 unspecified atom stereocenters. The second kappa shape index (κ2) is 5.06. The molecule has 0 aromatic carbocycles. The molecule has 5 nitrogen and oxygen atoms in total. The Balaban J connectivity index is 1.76. The van der Waals surface area contributed by atoms with Crippen molar-refractivity contribution in [1.29, 1.82) is 0 Å². The molecule has 19 heavy (non-hydrogen) atoms. The molecule has 3 N–H and O–H groups in total. The van der Waals surface area contributed by atoms with E-state index in [9.17, 15) is 5.11 Å². The number of hydrogen-bond donors (Lipinski definition) is 2. The van der Waals surface area contributed by atoms with Crippen LogP contribution >= 0.6 is 0 Å². The fourth-order valence-corrected chi connectivity index (χ4v) is 3.40. The van der Waals surface area contributed by atoms with Crippen LogP contribution in [0.4, 0.5) is 5.95 Å². The first-order valence-corrected chi connectivity index (χ1v) is 7.20. The van der Waals surface area contributed by atoms with Crippen LogP contribution in [0.15, 0.2) is 12.3 Å². The summed E-state index contributed by atoms with van der Waals surface area (Å²) < 4.78 is 0. The smallest absolute Gasteiger partial charge is 0.225 e. The number of nitrogens with two attached hydrogens (primary N) is 1. The Bertz CT molecular complexity index is 453. The standard InChI is InChI=1S/C14H22N4O/c15-9-12-4-7-16-13(17-12)18-8-6-14(19)5-2-1-3-11(14)10-18/h4,7,11,19H,1-3,5-6,8-10,15H2. The molecule has 3 rings (SSSR count). The van der Waals surface area contributed by atoms with E-state index in [1.54, 1.807) is 6.20 Å². The fraction of sp³-hybridized carbons (Fsp3) is 0.714. The molecule has 2 aliphatic rings. The van der Waals surface area contributed by atoms with Crippen molar-refractivity contribution in [1.82, 2.24) is 9.97 Å². The molecule has 1 aromatic heterocycles. The average molecular weight is 262 g/mol. The molecular weight excluding hydrogens is 240 g/mol. The Labute approximate surface area is 113 Å². The number of rotatable bonds is 2. The van der Waals surface area contributed by atoms with Crippen LogP contribution in [0.3, 0.4) is 0 Å². The van der Waals surface area contributed by atoms with Gasteiger partial charge in [-0.15, -0.1) is 0 Å². The van der Waals surface area contributed by atoms with E-state index in [0.29, 0.717) is 12.5 Å². The monoisotopic (exact) mass is 262 g/mol. The van der Waals surface area contributed by atoms with Gasteiger partial charge in [0.15, 0.2) is 0 Å². The Morgan fingerprint density at radius 3 is 3.16 bits per heavy atom. The minimum absolute atomic E-state index is 0.361. The maximum absolute atomic E-state index is 10.7. The highest BCUT2D eigenvalue weighted by Gasteiger charge is 2.43. The van der Waals surface area contributed by atoms with E-state index >= 15 is 0 Å². The summed E-state index contributed by atoms with van der Waals surface area (Å²) in [5, 5.41) is 10.7. The maximum atomic E-state index is 10.7. The van der Waals surface area contributed by atoms with Crippen LogP contribution in [0, 0.1) is 5.92 Å². The van der Waals surface area contributed by atoms with Gasteiger partial charge in [0.05, 0.1) is 11.3 Å². The summed E-state index contributed by atoms with van der Waals surface area (Å²) in [5.41, 5.74) is 6.05. The molecule has 104 valence electrons. The number of nitrogens with zero attached hydrogens (tertiary/aromatic N) is 3. The van der Waals surface area contributed by atoms with Crippen molar-refractivity contribution in [3.8, 4) is 0 Å². The number of aliphatic hydroxyl groups is 1. The van der Waals surface area contributed by atoms with E-state index in [2.05, 4.69) is 14.9 Å². The molecule has 0 amide bonds. The van der Waals surface area contributed by atoms with E-state index in [0.717, 1.165) is 50.4 Å². The molecule has 5 heteroatoms. The second-order valence-electron chi connectivity index (χ2n) is 5.79. The first kappa shape index (κ1) is 12.8. The van der Waals surface area contributed by atoms with Crippen LogP contribution in [0.25, 0.3) is 0 Å². The van der Waals surface area contributed by atoms with Crippen molar-refractivity contribution in [3.63, 3.8) is 0 Å². The summed E-state index contributed by atoms with van der Waals surface area (Å²) in [7, 11) is 0. The van der Waals surface area contributed by atoms with Crippen LogP contribution in [0.2, 0.25) is 0 Å². The van der Waals surface area contributed by atoms with Crippen molar-refractivity contribution in [2.75, 3.05) is 18.0 Å². The molecule has 1 saturated carbocycles. The zero-order valence-electron chi connectivity index (χ0n) is 11.3. The predicted octanol–water partition coefficient (Wildman–Crippen LogP) is 1.07. The minimum Gasteiger partial charge on any atom is -0.389 e. The highest BCUT2D eigenvalue weighted by molar-refractivity contribution is 5.32. The Hall–Kier alpha value is -1.20. The SMILES string of the molecule is NCc1ccnc(N2CCC3(O)CCCCC3C2)n1. The van der Waals surface area contributed by atoms with Crippen molar-refractivity contribution >= 4 is 5.95 Å².